The van der Waals surface area contributed by atoms with Crippen molar-refractivity contribution >= 4 is 18.0 Å². The zero-order valence-corrected chi connectivity index (χ0v) is 14.1. The molecule has 0 aliphatic heterocycles. The third-order valence-corrected chi connectivity index (χ3v) is 2.64. The van der Waals surface area contributed by atoms with Crippen molar-refractivity contribution in [3.63, 3.8) is 0 Å². The molecule has 0 aliphatic carbocycles. The Morgan fingerprint density at radius 2 is 1.67 bits per heavy atom. The molecule has 6 heteroatoms. The highest BCUT2D eigenvalue weighted by atomic mass is 16.6. The third kappa shape index (κ3) is 6.60. The Morgan fingerprint density at radius 3 is 2.00 bits per heavy atom. The lowest BCUT2D eigenvalue weighted by Gasteiger charge is -2.31. The van der Waals surface area contributed by atoms with E-state index in [0.29, 0.717) is 6.42 Å². The summed E-state index contributed by atoms with van der Waals surface area (Å²) in [6, 6.07) is -0.961. The fraction of sp³-hybridized carbons (Fsp3) is 0.800. The summed E-state index contributed by atoms with van der Waals surface area (Å²) < 4.78 is 9.97. The van der Waals surface area contributed by atoms with Gasteiger partial charge in [0, 0.05) is 6.42 Å². The van der Waals surface area contributed by atoms with E-state index in [-0.39, 0.29) is 12.3 Å². The molecular weight excluding hydrogens is 274 g/mol. The molecule has 0 spiro atoms. The van der Waals surface area contributed by atoms with Crippen LogP contribution in [-0.2, 0) is 19.1 Å². The lowest BCUT2D eigenvalue weighted by molar-refractivity contribution is -0.152. The van der Waals surface area contributed by atoms with Crippen molar-refractivity contribution in [1.82, 2.24) is 4.90 Å². The number of hydrogen-bond donors (Lipinski definition) is 0. The normalized spacial score (nSPS) is 12.8. The van der Waals surface area contributed by atoms with Gasteiger partial charge in [-0.15, -0.1) is 0 Å². The summed E-state index contributed by atoms with van der Waals surface area (Å²) in [5.41, 5.74) is -0.748. The molecule has 0 heterocycles. The van der Waals surface area contributed by atoms with Crippen LogP contribution in [0.4, 0.5) is 4.79 Å². The molecule has 0 aromatic carbocycles. The van der Waals surface area contributed by atoms with Crippen LogP contribution in [0.25, 0.3) is 0 Å². The molecule has 0 saturated heterocycles. The van der Waals surface area contributed by atoms with Gasteiger partial charge in [-0.2, -0.15) is 0 Å². The highest BCUT2D eigenvalue weighted by Gasteiger charge is 2.37. The maximum atomic E-state index is 12.3. The molecule has 6 nitrogen and oxygen atoms in total. The van der Waals surface area contributed by atoms with Crippen LogP contribution in [0, 0.1) is 5.92 Å². The first kappa shape index (κ1) is 19.4. The van der Waals surface area contributed by atoms with Crippen LogP contribution in [0.1, 0.15) is 54.4 Å². The molecule has 0 N–H and O–H groups in total. The van der Waals surface area contributed by atoms with Gasteiger partial charge in [0.05, 0.1) is 7.11 Å². The Kier molecular flexibility index (Phi) is 7.39. The number of amides is 2. The lowest BCUT2D eigenvalue weighted by atomic mass is 10.0. The summed E-state index contributed by atoms with van der Waals surface area (Å²) in [6.45, 7) is 10.5. The van der Waals surface area contributed by atoms with Gasteiger partial charge in [0.15, 0.2) is 0 Å². The van der Waals surface area contributed by atoms with Crippen LogP contribution < -0.4 is 0 Å². The quantitative estimate of drug-likeness (QED) is 0.730. The third-order valence-electron chi connectivity index (χ3n) is 2.64. The Morgan fingerprint density at radius 1 is 1.14 bits per heavy atom. The van der Waals surface area contributed by atoms with Gasteiger partial charge in [-0.3, -0.25) is 4.79 Å². The summed E-state index contributed by atoms with van der Waals surface area (Å²) in [7, 11) is 1.24. The molecule has 1 unspecified atom stereocenters. The maximum Gasteiger partial charge on any atom is 0.417 e. The van der Waals surface area contributed by atoms with E-state index in [1.165, 1.54) is 7.11 Å². The van der Waals surface area contributed by atoms with Gasteiger partial charge < -0.3 is 9.47 Å². The molecule has 1 atom stereocenters. The van der Waals surface area contributed by atoms with Crippen molar-refractivity contribution in [2.75, 3.05) is 7.11 Å². The molecule has 0 radical (unpaired) electrons. The van der Waals surface area contributed by atoms with Crippen molar-refractivity contribution < 1.29 is 23.9 Å². The van der Waals surface area contributed by atoms with E-state index in [1.807, 2.05) is 13.8 Å². The molecule has 0 aromatic heterocycles. The second-order valence-corrected chi connectivity index (χ2v) is 6.27. The van der Waals surface area contributed by atoms with Crippen molar-refractivity contribution in [2.45, 2.75) is 66.0 Å². The average molecular weight is 301 g/mol. The first-order chi connectivity index (χ1) is 9.53. The number of ether oxygens (including phenoxy) is 2. The molecule has 0 bridgehead atoms. The molecule has 0 fully saturated rings. The van der Waals surface area contributed by atoms with E-state index in [1.54, 1.807) is 27.7 Å². The van der Waals surface area contributed by atoms with Crippen molar-refractivity contribution in [3.8, 4) is 0 Å². The van der Waals surface area contributed by atoms with Gasteiger partial charge in [-0.05, 0) is 33.1 Å². The van der Waals surface area contributed by atoms with E-state index in [2.05, 4.69) is 0 Å². The van der Waals surface area contributed by atoms with Gasteiger partial charge in [-0.1, -0.05) is 20.8 Å². The van der Waals surface area contributed by atoms with Gasteiger partial charge >= 0.3 is 12.1 Å². The van der Waals surface area contributed by atoms with Gasteiger partial charge in [0.25, 0.3) is 0 Å². The van der Waals surface area contributed by atoms with Gasteiger partial charge in [-0.25, -0.2) is 14.5 Å². The van der Waals surface area contributed by atoms with Gasteiger partial charge in [0.1, 0.15) is 11.6 Å². The lowest BCUT2D eigenvalue weighted by Crippen LogP contribution is -2.51. The van der Waals surface area contributed by atoms with Crippen molar-refractivity contribution in [1.29, 1.82) is 0 Å². The Bertz CT molecular complexity index is 384. The molecule has 0 rings (SSSR count). The first-order valence-corrected chi connectivity index (χ1v) is 7.16. The summed E-state index contributed by atoms with van der Waals surface area (Å²) in [4.78, 5) is 37.2. The van der Waals surface area contributed by atoms with Crippen LogP contribution in [-0.4, -0.2) is 41.6 Å². The minimum absolute atomic E-state index is 0.102. The predicted octanol–water partition coefficient (Wildman–Crippen LogP) is 2.75. The SMILES string of the molecule is CCC(=O)N(C(=O)OC(C)(C)C)C(CC(C)C)C(=O)OC. The molecule has 0 aromatic rings. The number of imide groups is 1. The average Bonchev–Trinajstić information content (AvgIpc) is 2.33. The van der Waals surface area contributed by atoms with E-state index < -0.39 is 29.6 Å². The first-order valence-electron chi connectivity index (χ1n) is 7.16. The zero-order valence-electron chi connectivity index (χ0n) is 14.1. The van der Waals surface area contributed by atoms with Crippen molar-refractivity contribution in [2.24, 2.45) is 5.92 Å². The van der Waals surface area contributed by atoms with Crippen LogP contribution >= 0.6 is 0 Å². The molecule has 122 valence electrons. The largest absolute Gasteiger partial charge is 0.467 e. The number of carbonyl (C=O) groups excluding carboxylic acids is 3. The van der Waals surface area contributed by atoms with E-state index in [9.17, 15) is 14.4 Å². The molecule has 0 aliphatic rings. The smallest absolute Gasteiger partial charge is 0.417 e. The highest BCUT2D eigenvalue weighted by molar-refractivity contribution is 5.96. The number of methoxy groups -OCH3 is 1. The van der Waals surface area contributed by atoms with Crippen LogP contribution in [0.3, 0.4) is 0 Å². The summed E-state index contributed by atoms with van der Waals surface area (Å²) in [6.07, 6.45) is -0.381. The van der Waals surface area contributed by atoms with Crippen molar-refractivity contribution in [3.05, 3.63) is 0 Å². The Hall–Kier alpha value is -1.59. The number of carbonyl (C=O) groups is 3. The number of rotatable bonds is 5. The predicted molar refractivity (Wildman–Crippen MR) is 78.6 cm³/mol. The van der Waals surface area contributed by atoms with E-state index >= 15 is 0 Å². The molecule has 21 heavy (non-hydrogen) atoms. The van der Waals surface area contributed by atoms with Crippen LogP contribution in [0.5, 0.6) is 0 Å². The van der Waals surface area contributed by atoms with Gasteiger partial charge in [0.2, 0.25) is 5.91 Å². The van der Waals surface area contributed by atoms with E-state index in [4.69, 9.17) is 9.47 Å². The number of nitrogens with zero attached hydrogens (tertiary/aromatic N) is 1. The number of esters is 1. The molecular formula is C15H27NO5. The highest BCUT2D eigenvalue weighted by Crippen LogP contribution is 2.18. The second-order valence-electron chi connectivity index (χ2n) is 6.27. The molecule has 0 saturated carbocycles. The standard InChI is InChI=1S/C15H27NO5/c1-8-12(17)16(14(19)21-15(4,5)6)11(9-10(2)3)13(18)20-7/h10-11H,8-9H2,1-7H3. The Labute approximate surface area is 126 Å². The van der Waals surface area contributed by atoms with E-state index in [0.717, 1.165) is 4.90 Å². The summed E-state index contributed by atoms with van der Waals surface area (Å²) in [5.74, 6) is -0.958. The Balaban J connectivity index is 5.47. The number of hydrogen-bond acceptors (Lipinski definition) is 5. The monoisotopic (exact) mass is 301 g/mol. The fourth-order valence-corrected chi connectivity index (χ4v) is 1.77. The topological polar surface area (TPSA) is 72.9 Å². The minimum atomic E-state index is -0.961. The second kappa shape index (κ2) is 8.00. The molecule has 2 amide bonds. The maximum absolute atomic E-state index is 12.3. The van der Waals surface area contributed by atoms with Crippen LogP contribution in [0.2, 0.25) is 0 Å². The fourth-order valence-electron chi connectivity index (χ4n) is 1.77. The minimum Gasteiger partial charge on any atom is -0.467 e. The summed E-state index contributed by atoms with van der Waals surface area (Å²) >= 11 is 0. The van der Waals surface area contributed by atoms with Crippen LogP contribution in [0.15, 0.2) is 0 Å². The summed E-state index contributed by atoms with van der Waals surface area (Å²) in [5, 5.41) is 0. The zero-order chi connectivity index (χ0) is 16.8.